The van der Waals surface area contributed by atoms with Crippen LogP contribution in [0.25, 0.3) is 0 Å². The van der Waals surface area contributed by atoms with Gasteiger partial charge < -0.3 is 35.9 Å². The van der Waals surface area contributed by atoms with Crippen LogP contribution < -0.4 is 26.6 Å². The van der Waals surface area contributed by atoms with Gasteiger partial charge in [-0.1, -0.05) is 27.2 Å². The minimum atomic E-state index is -1.20. The van der Waals surface area contributed by atoms with Crippen molar-refractivity contribution in [1.29, 1.82) is 0 Å². The number of carbonyl (C=O) groups excluding carboxylic acids is 7. The van der Waals surface area contributed by atoms with Crippen molar-refractivity contribution in [1.82, 2.24) is 36.5 Å². The first-order valence-electron chi connectivity index (χ1n) is 13.7. The van der Waals surface area contributed by atoms with E-state index < -0.39 is 65.5 Å². The molecule has 0 radical (unpaired) electrons. The Kier molecular flexibility index (Phi) is 10.6. The number of aromatic nitrogens is 1. The first-order chi connectivity index (χ1) is 19.5. The largest absolute Gasteiger partial charge is 0.446 e. The van der Waals surface area contributed by atoms with Gasteiger partial charge in [-0.3, -0.25) is 33.6 Å². The number of hydrogen-bond donors (Lipinski definition) is 5. The van der Waals surface area contributed by atoms with Crippen molar-refractivity contribution in [3.63, 3.8) is 0 Å². The molecule has 15 heteroatoms. The topological polar surface area (TPSA) is 209 Å². The SMILES string of the molecule is CCC[C@@H]1NC(=O)[C@@H]2C[C@H](C)CN2C(=O)[C@@H](NC=O)CNC(=O)[C@@H](CC)NC(=O)c2coc(n2)[C@H](C)NC(=O)C1=O. The summed E-state index contributed by atoms with van der Waals surface area (Å²) >= 11 is 0. The molecule has 41 heavy (non-hydrogen) atoms. The maximum Gasteiger partial charge on any atom is 0.290 e. The smallest absolute Gasteiger partial charge is 0.290 e. The highest BCUT2D eigenvalue weighted by Gasteiger charge is 2.42. The second-order valence-corrected chi connectivity index (χ2v) is 10.3. The zero-order valence-corrected chi connectivity index (χ0v) is 23.5. The molecule has 0 aromatic carbocycles. The van der Waals surface area contributed by atoms with Gasteiger partial charge in [0, 0.05) is 13.1 Å². The van der Waals surface area contributed by atoms with E-state index in [1.807, 2.05) is 6.92 Å². The molecule has 0 saturated carbocycles. The summed E-state index contributed by atoms with van der Waals surface area (Å²) in [5.74, 6) is -4.52. The third-order valence-electron chi connectivity index (χ3n) is 7.08. The maximum absolute atomic E-state index is 13.5. The number of nitrogens with one attached hydrogen (secondary N) is 5. The molecular weight excluding hydrogens is 538 g/mol. The van der Waals surface area contributed by atoms with Crippen LogP contribution in [0, 0.1) is 5.92 Å². The highest BCUT2D eigenvalue weighted by atomic mass is 16.3. The lowest BCUT2D eigenvalue weighted by molar-refractivity contribution is -0.143. The van der Waals surface area contributed by atoms with Crippen LogP contribution in [0.3, 0.4) is 0 Å². The average molecular weight is 576 g/mol. The van der Waals surface area contributed by atoms with E-state index in [-0.39, 0.29) is 43.4 Å². The number of nitrogens with zero attached hydrogens (tertiary/aromatic N) is 2. The molecule has 3 heterocycles. The molecule has 1 aromatic rings. The summed E-state index contributed by atoms with van der Waals surface area (Å²) in [6, 6.07) is -5.21. The minimum Gasteiger partial charge on any atom is -0.446 e. The second-order valence-electron chi connectivity index (χ2n) is 10.3. The lowest BCUT2D eigenvalue weighted by Gasteiger charge is -2.29. The molecule has 1 saturated heterocycles. The van der Waals surface area contributed by atoms with Gasteiger partial charge in [-0.25, -0.2) is 4.98 Å². The summed E-state index contributed by atoms with van der Waals surface area (Å²) in [5.41, 5.74) is -0.158. The molecule has 2 bridgehead atoms. The average Bonchev–Trinajstić information content (AvgIpc) is 3.59. The molecule has 5 N–H and O–H groups in total. The molecule has 3 rings (SSSR count). The standard InChI is InChI=1S/C26H37N7O8/c1-5-7-16-20(35)24(39)29-14(4)25-32-18(11-41-25)22(37)30-15(6-2)21(36)27-9-17(28-12-34)26(40)33-10-13(3)8-19(33)23(38)31-16/h11-17,19H,5-10H2,1-4H3,(H,27,36)(H,28,34)(H,29,39)(H,30,37)(H,31,38)/t13-,14-,15+,16-,17-,19-/m0/s1. The molecule has 1 aromatic heterocycles. The Morgan fingerprint density at radius 1 is 1.02 bits per heavy atom. The normalized spacial score (nSPS) is 28.6. The second kappa shape index (κ2) is 13.9. The summed E-state index contributed by atoms with van der Waals surface area (Å²) in [5, 5.41) is 12.6. The highest BCUT2D eigenvalue weighted by Crippen LogP contribution is 2.24. The number of rotatable bonds is 5. The fourth-order valence-electron chi connectivity index (χ4n) is 4.85. The third kappa shape index (κ3) is 7.46. The fourth-order valence-corrected chi connectivity index (χ4v) is 4.85. The van der Waals surface area contributed by atoms with E-state index in [2.05, 4.69) is 31.6 Å². The van der Waals surface area contributed by atoms with Crippen LogP contribution in [0.1, 0.15) is 75.8 Å². The molecule has 2 aliphatic rings. The van der Waals surface area contributed by atoms with Gasteiger partial charge in [-0.15, -0.1) is 0 Å². The Morgan fingerprint density at radius 2 is 1.76 bits per heavy atom. The molecule has 2 aliphatic heterocycles. The van der Waals surface area contributed by atoms with Crippen LogP contribution in [-0.2, 0) is 28.8 Å². The number of amides is 6. The monoisotopic (exact) mass is 575 g/mol. The lowest BCUT2D eigenvalue weighted by atomic mass is 10.0. The van der Waals surface area contributed by atoms with Crippen molar-refractivity contribution in [3.8, 4) is 0 Å². The summed E-state index contributed by atoms with van der Waals surface area (Å²) in [7, 11) is 0. The Labute approximate surface area is 236 Å². The van der Waals surface area contributed by atoms with Gasteiger partial charge in [-0.05, 0) is 32.1 Å². The number of ketones is 1. The number of fused-ring (bicyclic) bond motifs is 3. The van der Waals surface area contributed by atoms with Gasteiger partial charge in [-0.2, -0.15) is 0 Å². The first kappa shape index (κ1) is 31.2. The Balaban J connectivity index is 1.96. The fraction of sp³-hybridized carbons (Fsp3) is 0.615. The van der Waals surface area contributed by atoms with Crippen LogP contribution in [0.2, 0.25) is 0 Å². The summed E-state index contributed by atoms with van der Waals surface area (Å²) < 4.78 is 5.32. The summed E-state index contributed by atoms with van der Waals surface area (Å²) in [6.45, 7) is 6.72. The molecule has 0 spiro atoms. The van der Waals surface area contributed by atoms with E-state index in [1.165, 1.54) is 11.8 Å². The number of hydrogen-bond acceptors (Lipinski definition) is 9. The highest BCUT2D eigenvalue weighted by molar-refractivity contribution is 6.38. The van der Waals surface area contributed by atoms with Crippen molar-refractivity contribution in [3.05, 3.63) is 17.8 Å². The van der Waals surface area contributed by atoms with E-state index in [9.17, 15) is 33.6 Å². The first-order valence-corrected chi connectivity index (χ1v) is 13.7. The zero-order chi connectivity index (χ0) is 30.3. The van der Waals surface area contributed by atoms with Gasteiger partial charge in [0.2, 0.25) is 35.8 Å². The third-order valence-corrected chi connectivity index (χ3v) is 7.08. The molecule has 6 atom stereocenters. The van der Waals surface area contributed by atoms with E-state index >= 15 is 0 Å². The Hall–Kier alpha value is -4.30. The van der Waals surface area contributed by atoms with Crippen LogP contribution in [0.4, 0.5) is 0 Å². The number of carbonyl (C=O) groups is 7. The van der Waals surface area contributed by atoms with Crippen LogP contribution in [0.15, 0.2) is 10.7 Å². The lowest BCUT2D eigenvalue weighted by Crippen LogP contribution is -2.58. The van der Waals surface area contributed by atoms with Crippen LogP contribution in [0.5, 0.6) is 0 Å². The van der Waals surface area contributed by atoms with E-state index in [4.69, 9.17) is 4.42 Å². The van der Waals surface area contributed by atoms with Gasteiger partial charge in [0.05, 0.1) is 6.04 Å². The molecular formula is C26H37N7O8. The van der Waals surface area contributed by atoms with Crippen molar-refractivity contribution >= 4 is 41.7 Å². The van der Waals surface area contributed by atoms with Gasteiger partial charge in [0.25, 0.3) is 11.8 Å². The van der Waals surface area contributed by atoms with E-state index in [0.717, 1.165) is 6.26 Å². The molecule has 1 fully saturated rings. The maximum atomic E-state index is 13.5. The summed E-state index contributed by atoms with van der Waals surface area (Å²) in [6.07, 6.45) is 2.51. The van der Waals surface area contributed by atoms with Crippen LogP contribution in [-0.4, -0.2) is 88.9 Å². The molecule has 15 nitrogen and oxygen atoms in total. The zero-order valence-electron chi connectivity index (χ0n) is 23.5. The molecule has 0 aliphatic carbocycles. The quantitative estimate of drug-likeness (QED) is 0.208. The van der Waals surface area contributed by atoms with Crippen LogP contribution >= 0.6 is 0 Å². The predicted octanol–water partition coefficient (Wildman–Crippen LogP) is -1.30. The van der Waals surface area contributed by atoms with Gasteiger partial charge >= 0.3 is 0 Å². The Bertz CT molecular complexity index is 1180. The van der Waals surface area contributed by atoms with Crippen molar-refractivity contribution < 1.29 is 38.0 Å². The predicted molar refractivity (Wildman–Crippen MR) is 142 cm³/mol. The Morgan fingerprint density at radius 3 is 2.41 bits per heavy atom. The molecule has 224 valence electrons. The molecule has 0 unspecified atom stereocenters. The van der Waals surface area contributed by atoms with E-state index in [1.54, 1.807) is 13.8 Å². The van der Waals surface area contributed by atoms with Gasteiger partial charge in [0.1, 0.15) is 30.4 Å². The number of Topliss-reactive ketones (excluding diaryl/α,β-unsaturated/α-hetero) is 1. The summed E-state index contributed by atoms with van der Waals surface area (Å²) in [4.78, 5) is 95.1. The molecule has 6 amide bonds. The van der Waals surface area contributed by atoms with Crippen molar-refractivity contribution in [2.75, 3.05) is 13.1 Å². The minimum absolute atomic E-state index is 0.0452. The van der Waals surface area contributed by atoms with E-state index in [0.29, 0.717) is 19.3 Å². The van der Waals surface area contributed by atoms with Crippen molar-refractivity contribution in [2.24, 2.45) is 5.92 Å². The van der Waals surface area contributed by atoms with Gasteiger partial charge in [0.15, 0.2) is 5.69 Å². The van der Waals surface area contributed by atoms with Crippen molar-refractivity contribution in [2.45, 2.75) is 83.6 Å². The number of oxazole rings is 1.